The van der Waals surface area contributed by atoms with Crippen LogP contribution in [0, 0.1) is 6.92 Å². The Bertz CT molecular complexity index is 913. The molecule has 1 fully saturated rings. The minimum absolute atomic E-state index is 0.0608. The first-order valence-electron chi connectivity index (χ1n) is 8.54. The largest absolute Gasteiger partial charge is 0.422 e. The van der Waals surface area contributed by atoms with Crippen molar-refractivity contribution in [1.82, 2.24) is 19.8 Å². The fourth-order valence-corrected chi connectivity index (χ4v) is 3.42. The van der Waals surface area contributed by atoms with Gasteiger partial charge < -0.3 is 4.98 Å². The number of nitrogens with zero attached hydrogens (tertiary/aromatic N) is 3. The van der Waals surface area contributed by atoms with Crippen molar-refractivity contribution in [3.63, 3.8) is 0 Å². The van der Waals surface area contributed by atoms with E-state index in [0.29, 0.717) is 25.2 Å². The molecule has 3 heterocycles. The molecule has 1 aliphatic rings. The highest BCUT2D eigenvalue weighted by Gasteiger charge is 2.37. The number of rotatable bonds is 3. The minimum Gasteiger partial charge on any atom is -0.320 e. The SMILES string of the molecule is Cc1c(C(F)(F)F)c(=O)[nH]c2cc(CN3CCN(CC(F)(F)F)CC3)cnc12. The van der Waals surface area contributed by atoms with Gasteiger partial charge in [-0.05, 0) is 24.1 Å². The summed E-state index contributed by atoms with van der Waals surface area (Å²) < 4.78 is 76.4. The molecule has 1 N–H and O–H groups in total. The third-order valence-corrected chi connectivity index (χ3v) is 4.71. The maximum atomic E-state index is 13.0. The summed E-state index contributed by atoms with van der Waals surface area (Å²) in [5.41, 5.74) is -1.81. The molecule has 154 valence electrons. The summed E-state index contributed by atoms with van der Waals surface area (Å²) in [6.07, 6.45) is -7.58. The molecule has 3 rings (SSSR count). The molecule has 2 aromatic heterocycles. The van der Waals surface area contributed by atoms with Crippen LogP contribution in [0.2, 0.25) is 0 Å². The molecule has 0 unspecified atom stereocenters. The van der Waals surface area contributed by atoms with E-state index >= 15 is 0 Å². The molecule has 0 aromatic carbocycles. The zero-order chi connectivity index (χ0) is 20.7. The highest BCUT2D eigenvalue weighted by molar-refractivity contribution is 5.79. The van der Waals surface area contributed by atoms with E-state index in [2.05, 4.69) is 9.97 Å². The monoisotopic (exact) mass is 408 g/mol. The average molecular weight is 408 g/mol. The van der Waals surface area contributed by atoms with E-state index in [1.54, 1.807) is 6.07 Å². The third-order valence-electron chi connectivity index (χ3n) is 4.71. The van der Waals surface area contributed by atoms with E-state index in [4.69, 9.17) is 0 Å². The Balaban J connectivity index is 1.75. The summed E-state index contributed by atoms with van der Waals surface area (Å²) in [5, 5.41) is 0. The third kappa shape index (κ3) is 4.64. The normalized spacial score (nSPS) is 17.4. The predicted molar refractivity (Wildman–Crippen MR) is 89.9 cm³/mol. The quantitative estimate of drug-likeness (QED) is 0.794. The molecule has 0 aliphatic carbocycles. The Kier molecular flexibility index (Phi) is 5.41. The number of hydrogen-bond donors (Lipinski definition) is 1. The highest BCUT2D eigenvalue weighted by atomic mass is 19.4. The molecule has 0 amide bonds. The minimum atomic E-state index is -4.78. The van der Waals surface area contributed by atoms with Gasteiger partial charge >= 0.3 is 12.4 Å². The number of hydrogen-bond acceptors (Lipinski definition) is 4. The van der Waals surface area contributed by atoms with Crippen molar-refractivity contribution in [3.8, 4) is 0 Å². The number of aromatic amines is 1. The molecule has 0 radical (unpaired) electrons. The zero-order valence-corrected chi connectivity index (χ0v) is 14.9. The molecule has 0 spiro atoms. The first kappa shape index (κ1) is 20.6. The fraction of sp³-hybridized carbons (Fsp3) is 0.529. The van der Waals surface area contributed by atoms with Gasteiger partial charge in [0.15, 0.2) is 0 Å². The summed E-state index contributed by atoms with van der Waals surface area (Å²) >= 11 is 0. The van der Waals surface area contributed by atoms with Gasteiger partial charge in [-0.3, -0.25) is 19.6 Å². The van der Waals surface area contributed by atoms with Crippen molar-refractivity contribution in [2.45, 2.75) is 25.8 Å². The lowest BCUT2D eigenvalue weighted by molar-refractivity contribution is -0.149. The van der Waals surface area contributed by atoms with Gasteiger partial charge in [0.05, 0.1) is 17.6 Å². The van der Waals surface area contributed by atoms with Crippen molar-refractivity contribution in [3.05, 3.63) is 39.3 Å². The second kappa shape index (κ2) is 7.36. The van der Waals surface area contributed by atoms with Crippen molar-refractivity contribution < 1.29 is 26.3 Å². The molecule has 0 bridgehead atoms. The number of aromatic nitrogens is 2. The molecular weight excluding hydrogens is 390 g/mol. The summed E-state index contributed by atoms with van der Waals surface area (Å²) in [6, 6.07) is 1.55. The summed E-state index contributed by atoms with van der Waals surface area (Å²) in [5.74, 6) is 0. The Morgan fingerprint density at radius 2 is 1.68 bits per heavy atom. The van der Waals surface area contributed by atoms with Crippen LogP contribution < -0.4 is 5.56 Å². The topological polar surface area (TPSA) is 52.2 Å². The number of piperazine rings is 1. The second-order valence-corrected chi connectivity index (χ2v) is 6.86. The molecule has 5 nitrogen and oxygen atoms in total. The van der Waals surface area contributed by atoms with Gasteiger partial charge in [0, 0.05) is 38.9 Å². The van der Waals surface area contributed by atoms with E-state index in [0.717, 1.165) is 0 Å². The smallest absolute Gasteiger partial charge is 0.320 e. The average Bonchev–Trinajstić information content (AvgIpc) is 2.53. The molecule has 0 atom stereocenters. The van der Waals surface area contributed by atoms with Gasteiger partial charge in [0.2, 0.25) is 0 Å². The maximum Gasteiger partial charge on any atom is 0.422 e. The first-order chi connectivity index (χ1) is 12.9. The van der Waals surface area contributed by atoms with Crippen LogP contribution in [0.25, 0.3) is 11.0 Å². The van der Waals surface area contributed by atoms with E-state index in [9.17, 15) is 31.1 Å². The van der Waals surface area contributed by atoms with Gasteiger partial charge in [-0.25, -0.2) is 0 Å². The van der Waals surface area contributed by atoms with Crippen molar-refractivity contribution in [2.24, 2.45) is 0 Å². The molecular formula is C17H18F6N4O. The van der Waals surface area contributed by atoms with Gasteiger partial charge in [-0.15, -0.1) is 0 Å². The van der Waals surface area contributed by atoms with Gasteiger partial charge in [-0.2, -0.15) is 26.3 Å². The lowest BCUT2D eigenvalue weighted by atomic mass is 10.1. The zero-order valence-electron chi connectivity index (χ0n) is 14.9. The molecule has 11 heteroatoms. The standard InChI is InChI=1S/C17H18F6N4O/c1-10-13(17(21,22)23)15(28)25-12-6-11(7-24-14(10)12)8-26-2-4-27(5-3-26)9-16(18,19)20/h6-7H,2-5,8-9H2,1H3,(H,25,28). The van der Waals surface area contributed by atoms with Gasteiger partial charge in [-0.1, -0.05) is 0 Å². The van der Waals surface area contributed by atoms with E-state index < -0.39 is 30.0 Å². The Hall–Kier alpha value is -2.14. The Morgan fingerprint density at radius 3 is 2.25 bits per heavy atom. The molecule has 0 saturated carbocycles. The van der Waals surface area contributed by atoms with Crippen LogP contribution in [0.4, 0.5) is 26.3 Å². The Labute approximate surface area is 156 Å². The van der Waals surface area contributed by atoms with Crippen molar-refractivity contribution in [1.29, 1.82) is 0 Å². The van der Waals surface area contributed by atoms with Crippen LogP contribution in [-0.4, -0.2) is 58.7 Å². The number of alkyl halides is 6. The van der Waals surface area contributed by atoms with Crippen LogP contribution in [0.1, 0.15) is 16.7 Å². The van der Waals surface area contributed by atoms with Crippen LogP contribution in [0.5, 0.6) is 0 Å². The van der Waals surface area contributed by atoms with E-state index in [-0.39, 0.29) is 29.7 Å². The van der Waals surface area contributed by atoms with Crippen LogP contribution in [-0.2, 0) is 12.7 Å². The summed E-state index contributed by atoms with van der Waals surface area (Å²) in [7, 11) is 0. The number of H-pyrrole nitrogens is 1. The van der Waals surface area contributed by atoms with Crippen LogP contribution in [0.15, 0.2) is 17.1 Å². The summed E-state index contributed by atoms with van der Waals surface area (Å²) in [6.45, 7) is 2.03. The predicted octanol–water partition coefficient (Wildman–Crippen LogP) is 2.93. The lowest BCUT2D eigenvalue weighted by Crippen LogP contribution is -2.48. The number of fused-ring (bicyclic) bond motifs is 1. The molecule has 1 aliphatic heterocycles. The number of nitrogens with one attached hydrogen (secondary N) is 1. The fourth-order valence-electron chi connectivity index (χ4n) is 3.42. The van der Waals surface area contributed by atoms with Crippen molar-refractivity contribution in [2.75, 3.05) is 32.7 Å². The van der Waals surface area contributed by atoms with Crippen LogP contribution in [0.3, 0.4) is 0 Å². The van der Waals surface area contributed by atoms with Crippen molar-refractivity contribution >= 4 is 11.0 Å². The maximum absolute atomic E-state index is 13.0. The number of aryl methyl sites for hydroxylation is 1. The lowest BCUT2D eigenvalue weighted by Gasteiger charge is -2.34. The van der Waals surface area contributed by atoms with E-state index in [1.807, 2.05) is 4.90 Å². The second-order valence-electron chi connectivity index (χ2n) is 6.86. The van der Waals surface area contributed by atoms with Crippen LogP contribution >= 0.6 is 0 Å². The highest BCUT2D eigenvalue weighted by Crippen LogP contribution is 2.31. The first-order valence-corrected chi connectivity index (χ1v) is 8.54. The number of halogens is 6. The summed E-state index contributed by atoms with van der Waals surface area (Å²) in [4.78, 5) is 21.4. The molecule has 1 saturated heterocycles. The van der Waals surface area contributed by atoms with Gasteiger partial charge in [0.25, 0.3) is 5.56 Å². The Morgan fingerprint density at radius 1 is 1.07 bits per heavy atom. The molecule has 2 aromatic rings. The van der Waals surface area contributed by atoms with E-state index in [1.165, 1.54) is 18.0 Å². The van der Waals surface area contributed by atoms with Gasteiger partial charge in [0.1, 0.15) is 5.56 Å². The number of pyridine rings is 2. The molecule has 28 heavy (non-hydrogen) atoms.